The van der Waals surface area contributed by atoms with E-state index in [4.69, 9.17) is 27.9 Å². The molecule has 1 aliphatic rings. The van der Waals surface area contributed by atoms with Crippen LogP contribution in [-0.2, 0) is 16.0 Å². The zero-order chi connectivity index (χ0) is 20.0. The molecule has 1 radical (unpaired) electrons. The molecule has 0 spiro atoms. The molecule has 27 heavy (non-hydrogen) atoms. The fourth-order valence-electron chi connectivity index (χ4n) is 3.57. The summed E-state index contributed by atoms with van der Waals surface area (Å²) < 4.78 is 5.93. The molecule has 0 fully saturated rings. The first-order valence-corrected chi connectivity index (χ1v) is 9.78. The van der Waals surface area contributed by atoms with E-state index in [1.807, 2.05) is 58.0 Å². The maximum Gasteiger partial charge on any atom is 0.195 e. The Labute approximate surface area is 171 Å². The minimum atomic E-state index is -0.900. The minimum Gasteiger partial charge on any atom is -0.357 e. The predicted molar refractivity (Wildman–Crippen MR) is 112 cm³/mol. The Balaban J connectivity index is 2.20. The van der Waals surface area contributed by atoms with Crippen LogP contribution >= 0.6 is 23.2 Å². The summed E-state index contributed by atoms with van der Waals surface area (Å²) in [5, 5.41) is 1.17. The molecular formula is C23H23Cl2O2. The minimum absolute atomic E-state index is 0.0594. The van der Waals surface area contributed by atoms with Crippen molar-refractivity contribution in [1.82, 2.24) is 0 Å². The molecule has 0 aliphatic carbocycles. The van der Waals surface area contributed by atoms with Crippen molar-refractivity contribution < 1.29 is 9.53 Å². The van der Waals surface area contributed by atoms with Crippen LogP contribution in [-0.4, -0.2) is 17.0 Å². The van der Waals surface area contributed by atoms with E-state index in [0.717, 1.165) is 28.7 Å². The van der Waals surface area contributed by atoms with Gasteiger partial charge in [-0.3, -0.25) is 4.79 Å². The number of benzene rings is 2. The topological polar surface area (TPSA) is 26.3 Å². The van der Waals surface area contributed by atoms with Gasteiger partial charge in [-0.1, -0.05) is 48.3 Å². The van der Waals surface area contributed by atoms with Crippen LogP contribution in [0.5, 0.6) is 0 Å². The normalized spacial score (nSPS) is 18.3. The third-order valence-corrected chi connectivity index (χ3v) is 5.26. The molecule has 0 saturated carbocycles. The van der Waals surface area contributed by atoms with Crippen molar-refractivity contribution in [2.24, 2.45) is 0 Å². The van der Waals surface area contributed by atoms with Gasteiger partial charge in [0.05, 0.1) is 5.60 Å². The molecule has 0 bridgehead atoms. The number of ketones is 1. The second kappa shape index (κ2) is 7.09. The standard InChI is InChI=1S/C23H23Cl2O2/c1-6-14-7-8-15(17-10-9-16(24)12-20(17)25)11-18(14)19-13-22(2,3)27-23(4,5)21(19)26/h7-12H,6H2,1-5H3. The van der Waals surface area contributed by atoms with Gasteiger partial charge in [-0.2, -0.15) is 0 Å². The highest BCUT2D eigenvalue weighted by Gasteiger charge is 2.42. The van der Waals surface area contributed by atoms with Crippen molar-refractivity contribution in [3.8, 4) is 11.1 Å². The first-order chi connectivity index (χ1) is 12.5. The predicted octanol–water partition coefficient (Wildman–Crippen LogP) is 6.57. The highest BCUT2D eigenvalue weighted by atomic mass is 35.5. The molecule has 141 valence electrons. The summed E-state index contributed by atoms with van der Waals surface area (Å²) in [4.78, 5) is 13.1. The molecule has 0 N–H and O–H groups in total. The lowest BCUT2D eigenvalue weighted by molar-refractivity contribution is -0.151. The number of halogens is 2. The summed E-state index contributed by atoms with van der Waals surface area (Å²) in [6.07, 6.45) is 4.09. The largest absolute Gasteiger partial charge is 0.357 e. The van der Waals surface area contributed by atoms with E-state index in [0.29, 0.717) is 15.6 Å². The molecule has 0 aromatic heterocycles. The van der Waals surface area contributed by atoms with E-state index in [9.17, 15) is 4.79 Å². The van der Waals surface area contributed by atoms with Gasteiger partial charge in [0.1, 0.15) is 5.60 Å². The smallest absolute Gasteiger partial charge is 0.195 e. The van der Waals surface area contributed by atoms with E-state index in [1.54, 1.807) is 6.07 Å². The molecule has 0 saturated heterocycles. The summed E-state index contributed by atoms with van der Waals surface area (Å²) in [7, 11) is 0. The van der Waals surface area contributed by atoms with Crippen LogP contribution in [0.2, 0.25) is 10.0 Å². The molecular weight excluding hydrogens is 379 g/mol. The highest BCUT2D eigenvalue weighted by Crippen LogP contribution is 2.38. The fraction of sp³-hybridized carbons (Fsp3) is 0.348. The second-order valence-electron chi connectivity index (χ2n) is 7.80. The maximum absolute atomic E-state index is 13.1. The van der Waals surface area contributed by atoms with Crippen molar-refractivity contribution in [3.05, 3.63) is 63.6 Å². The van der Waals surface area contributed by atoms with E-state index in [1.165, 1.54) is 0 Å². The van der Waals surface area contributed by atoms with E-state index in [-0.39, 0.29) is 5.78 Å². The van der Waals surface area contributed by atoms with Crippen molar-refractivity contribution in [2.45, 2.75) is 52.2 Å². The van der Waals surface area contributed by atoms with Crippen molar-refractivity contribution in [3.63, 3.8) is 0 Å². The summed E-state index contributed by atoms with van der Waals surface area (Å²) in [6, 6.07) is 11.5. The molecule has 4 heteroatoms. The lowest BCUT2D eigenvalue weighted by Crippen LogP contribution is -2.47. The molecule has 0 atom stereocenters. The van der Waals surface area contributed by atoms with Crippen LogP contribution in [0.3, 0.4) is 0 Å². The SMILES string of the molecule is CCc1ccc(-c2ccc(Cl)cc2Cl)cc1C1=[C]C(C)(C)OC(C)(C)C1=O. The lowest BCUT2D eigenvalue weighted by Gasteiger charge is -2.38. The van der Waals surface area contributed by atoms with Gasteiger partial charge in [0.15, 0.2) is 5.78 Å². The zero-order valence-electron chi connectivity index (χ0n) is 16.2. The highest BCUT2D eigenvalue weighted by molar-refractivity contribution is 6.36. The van der Waals surface area contributed by atoms with Gasteiger partial charge in [0.2, 0.25) is 0 Å². The Hall–Kier alpha value is -1.61. The van der Waals surface area contributed by atoms with Crippen LogP contribution in [0.15, 0.2) is 36.4 Å². The van der Waals surface area contributed by atoms with Crippen LogP contribution in [0.4, 0.5) is 0 Å². The Bertz CT molecular complexity index is 939. The van der Waals surface area contributed by atoms with E-state index in [2.05, 4.69) is 13.0 Å². The fourth-order valence-corrected chi connectivity index (χ4v) is 4.08. The summed E-state index contributed by atoms with van der Waals surface area (Å²) in [6.45, 7) is 9.54. The Morgan fingerprint density at radius 3 is 2.33 bits per heavy atom. The van der Waals surface area contributed by atoms with Crippen molar-refractivity contribution in [1.29, 1.82) is 0 Å². The molecule has 0 amide bonds. The van der Waals surface area contributed by atoms with Gasteiger partial charge < -0.3 is 4.74 Å². The second-order valence-corrected chi connectivity index (χ2v) is 8.65. The summed E-state index contributed by atoms with van der Waals surface area (Å²) in [5.74, 6) is -0.0594. The molecule has 2 aromatic rings. The summed E-state index contributed by atoms with van der Waals surface area (Å²) >= 11 is 12.4. The maximum atomic E-state index is 13.1. The first kappa shape index (κ1) is 20.1. The van der Waals surface area contributed by atoms with Crippen LogP contribution in [0.1, 0.15) is 45.7 Å². The van der Waals surface area contributed by atoms with E-state index >= 15 is 0 Å². The molecule has 0 unspecified atom stereocenters. The average Bonchev–Trinajstić information content (AvgIpc) is 2.57. The van der Waals surface area contributed by atoms with Gasteiger partial charge in [-0.15, -0.1) is 0 Å². The number of carbonyl (C=O) groups is 1. The number of carbonyl (C=O) groups excluding carboxylic acids is 1. The molecule has 2 aromatic carbocycles. The number of rotatable bonds is 3. The van der Waals surface area contributed by atoms with Gasteiger partial charge in [-0.25, -0.2) is 0 Å². The third-order valence-electron chi connectivity index (χ3n) is 4.71. The molecule has 1 heterocycles. The van der Waals surface area contributed by atoms with E-state index < -0.39 is 11.2 Å². The van der Waals surface area contributed by atoms with Crippen molar-refractivity contribution >= 4 is 34.6 Å². The van der Waals surface area contributed by atoms with Crippen molar-refractivity contribution in [2.75, 3.05) is 0 Å². The van der Waals surface area contributed by atoms with Gasteiger partial charge >= 0.3 is 0 Å². The number of aryl methyl sites for hydroxylation is 1. The summed E-state index contributed by atoms with van der Waals surface area (Å²) in [5.41, 5.74) is 2.83. The third kappa shape index (κ3) is 3.99. The van der Waals surface area contributed by atoms with Crippen LogP contribution in [0, 0.1) is 6.08 Å². The Morgan fingerprint density at radius 2 is 1.70 bits per heavy atom. The van der Waals surface area contributed by atoms with Crippen LogP contribution in [0.25, 0.3) is 16.7 Å². The first-order valence-electron chi connectivity index (χ1n) is 9.03. The average molecular weight is 402 g/mol. The van der Waals surface area contributed by atoms with Gasteiger partial charge in [-0.05, 0) is 69.0 Å². The number of hydrogen-bond donors (Lipinski definition) is 0. The van der Waals surface area contributed by atoms with Gasteiger partial charge in [0.25, 0.3) is 0 Å². The monoisotopic (exact) mass is 401 g/mol. The Kier molecular flexibility index (Phi) is 5.28. The molecule has 2 nitrogen and oxygen atoms in total. The molecule has 1 aliphatic heterocycles. The quantitative estimate of drug-likeness (QED) is 0.581. The van der Waals surface area contributed by atoms with Gasteiger partial charge in [0, 0.05) is 27.3 Å². The number of hydrogen-bond acceptors (Lipinski definition) is 2. The number of Topliss-reactive ketones (excluding diaryl/α,β-unsaturated/α-hetero) is 1. The Morgan fingerprint density at radius 1 is 1.00 bits per heavy atom. The number of ether oxygens (including phenoxy) is 1. The zero-order valence-corrected chi connectivity index (χ0v) is 17.8. The lowest BCUT2D eigenvalue weighted by atomic mass is 9.82. The van der Waals surface area contributed by atoms with Crippen LogP contribution < -0.4 is 0 Å². The molecule has 3 rings (SSSR count).